The molecule has 3 aromatic rings. The summed E-state index contributed by atoms with van der Waals surface area (Å²) >= 11 is 0. The number of carboxylic acids is 1. The molecular weight excluding hydrogens is 310 g/mol. The number of carbonyl (C=O) groups is 1. The van der Waals surface area contributed by atoms with Crippen LogP contribution in [0.2, 0.25) is 0 Å². The lowest BCUT2D eigenvalue weighted by Gasteiger charge is -2.07. The van der Waals surface area contributed by atoms with Gasteiger partial charge in [0.25, 0.3) is 5.56 Å². The molecule has 0 radical (unpaired) electrons. The van der Waals surface area contributed by atoms with E-state index in [4.69, 9.17) is 5.11 Å². The Morgan fingerprint density at radius 2 is 1.71 bits per heavy atom. The molecule has 7 heteroatoms. The fraction of sp³-hybridized carbons (Fsp3) is 0.0588. The number of hydrogen-bond donors (Lipinski definition) is 2. The summed E-state index contributed by atoms with van der Waals surface area (Å²) in [5.74, 6) is -1.02. The van der Waals surface area contributed by atoms with E-state index in [0.29, 0.717) is 11.1 Å². The molecule has 2 N–H and O–H groups in total. The predicted octanol–water partition coefficient (Wildman–Crippen LogP) is 1.35. The molecule has 0 unspecified atom stereocenters. The molecule has 0 aliphatic heterocycles. The highest BCUT2D eigenvalue weighted by Crippen LogP contribution is 2.11. The predicted molar refractivity (Wildman–Crippen MR) is 87.1 cm³/mol. The maximum atomic E-state index is 12.0. The molecule has 0 bridgehead atoms. The van der Waals surface area contributed by atoms with Crippen LogP contribution in [0.3, 0.4) is 0 Å². The first-order valence-electron chi connectivity index (χ1n) is 7.14. The summed E-state index contributed by atoms with van der Waals surface area (Å²) in [6.07, 6.45) is 0. The van der Waals surface area contributed by atoms with Crippen molar-refractivity contribution >= 4 is 5.97 Å². The molecule has 0 saturated heterocycles. The second-order valence-corrected chi connectivity index (χ2v) is 5.13. The Labute approximate surface area is 135 Å². The molecule has 0 amide bonds. The van der Waals surface area contributed by atoms with Crippen LogP contribution in [0, 0.1) is 0 Å². The molecule has 3 rings (SSSR count). The van der Waals surface area contributed by atoms with Crippen LogP contribution in [0.4, 0.5) is 0 Å². The number of hydrogen-bond acceptors (Lipinski definition) is 4. The van der Waals surface area contributed by atoms with Gasteiger partial charge >= 0.3 is 11.7 Å². The molecule has 0 aliphatic carbocycles. The van der Waals surface area contributed by atoms with Crippen LogP contribution < -0.4 is 11.2 Å². The zero-order chi connectivity index (χ0) is 17.1. The van der Waals surface area contributed by atoms with Crippen LogP contribution in [0.25, 0.3) is 11.3 Å². The van der Waals surface area contributed by atoms with E-state index in [-0.39, 0.29) is 17.8 Å². The molecule has 1 heterocycles. The normalized spacial score (nSPS) is 10.5. The van der Waals surface area contributed by atoms with E-state index in [1.807, 2.05) is 6.07 Å². The van der Waals surface area contributed by atoms with E-state index in [9.17, 15) is 14.4 Å². The van der Waals surface area contributed by atoms with E-state index in [1.54, 1.807) is 36.4 Å². The second-order valence-electron chi connectivity index (χ2n) is 5.13. The monoisotopic (exact) mass is 323 g/mol. The van der Waals surface area contributed by atoms with Crippen molar-refractivity contribution in [3.05, 3.63) is 86.6 Å². The molecule has 120 valence electrons. The van der Waals surface area contributed by atoms with Crippen molar-refractivity contribution in [1.82, 2.24) is 14.8 Å². The lowest BCUT2D eigenvalue weighted by Crippen LogP contribution is -2.33. The Balaban J connectivity index is 1.98. The number of nitrogens with one attached hydrogen (secondary N) is 1. The minimum Gasteiger partial charge on any atom is -0.478 e. The van der Waals surface area contributed by atoms with Crippen molar-refractivity contribution in [1.29, 1.82) is 0 Å². The minimum atomic E-state index is -1.02. The molecule has 2 aromatic carbocycles. The summed E-state index contributed by atoms with van der Waals surface area (Å²) in [5, 5.41) is 13.0. The molecule has 0 fully saturated rings. The zero-order valence-corrected chi connectivity index (χ0v) is 12.5. The molecule has 24 heavy (non-hydrogen) atoms. The number of benzene rings is 2. The van der Waals surface area contributed by atoms with Gasteiger partial charge in [-0.25, -0.2) is 14.3 Å². The van der Waals surface area contributed by atoms with Crippen LogP contribution in [0.5, 0.6) is 0 Å². The second kappa shape index (κ2) is 6.33. The SMILES string of the molecule is O=C(O)c1ccc(Cn2nc(-c3ccccc3)c(=O)[nH]c2=O)cc1. The van der Waals surface area contributed by atoms with Gasteiger partial charge in [-0.2, -0.15) is 5.10 Å². The summed E-state index contributed by atoms with van der Waals surface area (Å²) < 4.78 is 1.14. The van der Waals surface area contributed by atoms with E-state index in [1.165, 1.54) is 12.1 Å². The smallest absolute Gasteiger partial charge is 0.345 e. The maximum Gasteiger partial charge on any atom is 0.345 e. The third-order valence-electron chi connectivity index (χ3n) is 3.47. The van der Waals surface area contributed by atoms with Crippen LogP contribution in [0.15, 0.2) is 64.2 Å². The molecule has 0 saturated carbocycles. The quantitative estimate of drug-likeness (QED) is 0.754. The highest BCUT2D eigenvalue weighted by molar-refractivity contribution is 5.87. The first-order valence-corrected chi connectivity index (χ1v) is 7.14. The van der Waals surface area contributed by atoms with Crippen molar-refractivity contribution in [2.24, 2.45) is 0 Å². The molecular formula is C17H13N3O4. The number of rotatable bonds is 4. The van der Waals surface area contributed by atoms with Gasteiger partial charge in [0.15, 0.2) is 5.69 Å². The molecule has 7 nitrogen and oxygen atoms in total. The van der Waals surface area contributed by atoms with Gasteiger partial charge in [-0.3, -0.25) is 9.78 Å². The number of H-pyrrole nitrogens is 1. The Kier molecular flexibility index (Phi) is 4.07. The van der Waals surface area contributed by atoms with E-state index < -0.39 is 17.2 Å². The highest BCUT2D eigenvalue weighted by atomic mass is 16.4. The number of aromatic nitrogens is 3. The van der Waals surface area contributed by atoms with Crippen LogP contribution in [0.1, 0.15) is 15.9 Å². The lowest BCUT2D eigenvalue weighted by molar-refractivity contribution is 0.0697. The van der Waals surface area contributed by atoms with Gasteiger partial charge in [0.05, 0.1) is 12.1 Å². The van der Waals surface area contributed by atoms with Crippen LogP contribution >= 0.6 is 0 Å². The Morgan fingerprint density at radius 1 is 1.04 bits per heavy atom. The third kappa shape index (κ3) is 3.14. The highest BCUT2D eigenvalue weighted by Gasteiger charge is 2.10. The number of nitrogens with zero attached hydrogens (tertiary/aromatic N) is 2. The third-order valence-corrected chi connectivity index (χ3v) is 3.47. The number of carboxylic acid groups (broad SMARTS) is 1. The Hall–Kier alpha value is -3.48. The van der Waals surface area contributed by atoms with Gasteiger partial charge in [-0.15, -0.1) is 0 Å². The van der Waals surface area contributed by atoms with Gasteiger partial charge in [-0.1, -0.05) is 42.5 Å². The van der Waals surface area contributed by atoms with E-state index >= 15 is 0 Å². The molecule has 0 spiro atoms. The summed E-state index contributed by atoms with van der Waals surface area (Å²) in [7, 11) is 0. The zero-order valence-electron chi connectivity index (χ0n) is 12.5. The number of aromatic amines is 1. The van der Waals surface area contributed by atoms with Crippen molar-refractivity contribution in [2.75, 3.05) is 0 Å². The van der Waals surface area contributed by atoms with Crippen molar-refractivity contribution < 1.29 is 9.90 Å². The average Bonchev–Trinajstić information content (AvgIpc) is 2.58. The standard InChI is InChI=1S/C17H13N3O4/c21-15-14(12-4-2-1-3-5-12)19-20(17(24)18-15)10-11-6-8-13(9-7-11)16(22)23/h1-9H,10H2,(H,22,23)(H,18,21,24). The molecule has 1 aromatic heterocycles. The van der Waals surface area contributed by atoms with Gasteiger partial charge in [0.2, 0.25) is 0 Å². The average molecular weight is 323 g/mol. The van der Waals surface area contributed by atoms with Gasteiger partial charge in [0.1, 0.15) is 0 Å². The van der Waals surface area contributed by atoms with Gasteiger partial charge in [-0.05, 0) is 17.7 Å². The van der Waals surface area contributed by atoms with Crippen molar-refractivity contribution in [3.63, 3.8) is 0 Å². The first-order chi connectivity index (χ1) is 11.5. The summed E-state index contributed by atoms with van der Waals surface area (Å²) in [6.45, 7) is 0.120. The first kappa shape index (κ1) is 15.4. The fourth-order valence-electron chi connectivity index (χ4n) is 2.25. The summed E-state index contributed by atoms with van der Waals surface area (Å²) in [5.41, 5.74) is 0.433. The Bertz CT molecular complexity index is 989. The lowest BCUT2D eigenvalue weighted by atomic mass is 10.1. The Morgan fingerprint density at radius 3 is 2.33 bits per heavy atom. The van der Waals surface area contributed by atoms with E-state index in [2.05, 4.69) is 10.1 Å². The molecule has 0 atom stereocenters. The minimum absolute atomic E-state index is 0.120. The fourth-order valence-corrected chi connectivity index (χ4v) is 2.25. The topological polar surface area (TPSA) is 105 Å². The number of aromatic carboxylic acids is 1. The van der Waals surface area contributed by atoms with Gasteiger partial charge in [0, 0.05) is 5.56 Å². The summed E-state index contributed by atoms with van der Waals surface area (Å²) in [4.78, 5) is 37.0. The van der Waals surface area contributed by atoms with Crippen LogP contribution in [-0.2, 0) is 6.54 Å². The van der Waals surface area contributed by atoms with Gasteiger partial charge < -0.3 is 5.11 Å². The van der Waals surface area contributed by atoms with Crippen molar-refractivity contribution in [3.8, 4) is 11.3 Å². The van der Waals surface area contributed by atoms with Crippen molar-refractivity contribution in [2.45, 2.75) is 6.54 Å². The van der Waals surface area contributed by atoms with Crippen LogP contribution in [-0.4, -0.2) is 25.8 Å². The largest absolute Gasteiger partial charge is 0.478 e. The summed E-state index contributed by atoms with van der Waals surface area (Å²) in [6, 6.07) is 14.9. The van der Waals surface area contributed by atoms with E-state index in [0.717, 1.165) is 4.68 Å². The maximum absolute atomic E-state index is 12.0. The molecule has 0 aliphatic rings.